The van der Waals surface area contributed by atoms with Gasteiger partial charge in [-0.1, -0.05) is 37.3 Å². The molecule has 0 saturated heterocycles. The van der Waals surface area contributed by atoms with Crippen LogP contribution in [0.25, 0.3) is 0 Å². The number of amides is 1. The van der Waals surface area contributed by atoms with E-state index in [0.717, 1.165) is 12.0 Å². The average Bonchev–Trinajstić information content (AvgIpc) is 2.70. The lowest BCUT2D eigenvalue weighted by molar-refractivity contribution is -0.136. The molecule has 2 aromatic rings. The second-order valence-corrected chi connectivity index (χ2v) is 8.32. The van der Waals surface area contributed by atoms with E-state index in [4.69, 9.17) is 8.92 Å². The first-order valence-electron chi connectivity index (χ1n) is 9.33. The number of carbonyl (C=O) groups excluding carboxylic acids is 1. The molecule has 0 aliphatic rings. The monoisotopic (exact) mass is 405 g/mol. The van der Waals surface area contributed by atoms with Gasteiger partial charge in [-0.05, 0) is 50.1 Å². The Morgan fingerprint density at radius 3 is 2.36 bits per heavy atom. The molecule has 0 heterocycles. The molecular weight excluding hydrogens is 378 g/mol. The van der Waals surface area contributed by atoms with Crippen molar-refractivity contribution in [1.29, 1.82) is 0 Å². The van der Waals surface area contributed by atoms with Gasteiger partial charge in [0.2, 0.25) is 0 Å². The second kappa shape index (κ2) is 10.1. The third kappa shape index (κ3) is 6.56. The molecule has 152 valence electrons. The standard InChI is InChI=1S/C21H27NO5S/c1-4-17(3)22(21(23)16-26-19-11-7-6-8-12-19)15-18-10-9-13-20(14-18)27-28(24,25)5-2/h6-14,17H,4-5,15-16H2,1-3H3. The van der Waals surface area contributed by atoms with Crippen LogP contribution in [0, 0.1) is 0 Å². The van der Waals surface area contributed by atoms with E-state index in [1.165, 1.54) is 6.92 Å². The van der Waals surface area contributed by atoms with Gasteiger partial charge < -0.3 is 13.8 Å². The van der Waals surface area contributed by atoms with Crippen molar-refractivity contribution < 1.29 is 22.1 Å². The first-order valence-corrected chi connectivity index (χ1v) is 10.9. The molecule has 1 amide bonds. The summed E-state index contributed by atoms with van der Waals surface area (Å²) in [7, 11) is -3.59. The normalized spacial score (nSPS) is 12.2. The van der Waals surface area contributed by atoms with E-state index in [2.05, 4.69) is 0 Å². The molecule has 1 atom stereocenters. The van der Waals surface area contributed by atoms with Crippen LogP contribution >= 0.6 is 0 Å². The van der Waals surface area contributed by atoms with Crippen molar-refractivity contribution in [3.05, 3.63) is 60.2 Å². The fourth-order valence-corrected chi connectivity index (χ4v) is 3.07. The number of para-hydroxylation sites is 1. The fourth-order valence-electron chi connectivity index (χ4n) is 2.55. The average molecular weight is 406 g/mol. The van der Waals surface area contributed by atoms with Crippen molar-refractivity contribution >= 4 is 16.0 Å². The summed E-state index contributed by atoms with van der Waals surface area (Å²) >= 11 is 0. The third-order valence-electron chi connectivity index (χ3n) is 4.38. The van der Waals surface area contributed by atoms with Crippen molar-refractivity contribution in [2.24, 2.45) is 0 Å². The highest BCUT2D eigenvalue weighted by Crippen LogP contribution is 2.19. The van der Waals surface area contributed by atoms with E-state index in [9.17, 15) is 13.2 Å². The topological polar surface area (TPSA) is 72.9 Å². The Kier molecular flexibility index (Phi) is 7.87. The minimum absolute atomic E-state index is 0.0100. The number of hydrogen-bond donors (Lipinski definition) is 0. The van der Waals surface area contributed by atoms with Crippen molar-refractivity contribution in [3.63, 3.8) is 0 Å². The Bertz CT molecular complexity index is 867. The summed E-state index contributed by atoms with van der Waals surface area (Å²) in [6.07, 6.45) is 0.789. The first kappa shape index (κ1) is 21.8. The van der Waals surface area contributed by atoms with Crippen LogP contribution in [0.15, 0.2) is 54.6 Å². The van der Waals surface area contributed by atoms with Gasteiger partial charge in [-0.15, -0.1) is 0 Å². The highest BCUT2D eigenvalue weighted by atomic mass is 32.2. The summed E-state index contributed by atoms with van der Waals surface area (Å²) in [6.45, 7) is 5.79. The number of carbonyl (C=O) groups is 1. The predicted octanol–water partition coefficient (Wildman–Crippen LogP) is 3.62. The first-order chi connectivity index (χ1) is 13.3. The highest BCUT2D eigenvalue weighted by Gasteiger charge is 2.20. The number of rotatable bonds is 10. The maximum atomic E-state index is 12.8. The molecule has 2 rings (SSSR count). The van der Waals surface area contributed by atoms with Gasteiger partial charge in [-0.2, -0.15) is 8.42 Å². The molecule has 0 N–H and O–H groups in total. The van der Waals surface area contributed by atoms with Crippen molar-refractivity contribution in [2.75, 3.05) is 12.4 Å². The molecule has 7 heteroatoms. The molecule has 6 nitrogen and oxygen atoms in total. The summed E-state index contributed by atoms with van der Waals surface area (Å²) in [5.41, 5.74) is 0.789. The maximum absolute atomic E-state index is 12.8. The number of nitrogens with zero attached hydrogens (tertiary/aromatic N) is 1. The SMILES string of the molecule is CCC(C)N(Cc1cccc(OS(=O)(=O)CC)c1)C(=O)COc1ccccc1. The third-order valence-corrected chi connectivity index (χ3v) is 5.53. The van der Waals surface area contributed by atoms with Crippen LogP contribution in [0.2, 0.25) is 0 Å². The maximum Gasteiger partial charge on any atom is 0.308 e. The van der Waals surface area contributed by atoms with Gasteiger partial charge in [0.1, 0.15) is 11.5 Å². The molecule has 28 heavy (non-hydrogen) atoms. The summed E-state index contributed by atoms with van der Waals surface area (Å²) in [4.78, 5) is 14.5. The Hall–Kier alpha value is -2.54. The molecule has 0 radical (unpaired) electrons. The summed E-state index contributed by atoms with van der Waals surface area (Å²) in [5, 5.41) is 0. The zero-order chi connectivity index (χ0) is 20.6. The predicted molar refractivity (Wildman–Crippen MR) is 109 cm³/mol. The van der Waals surface area contributed by atoms with E-state index in [1.807, 2.05) is 38.1 Å². The van der Waals surface area contributed by atoms with Crippen LogP contribution in [0.1, 0.15) is 32.8 Å². The molecule has 0 aromatic heterocycles. The molecular formula is C21H27NO5S. The number of ether oxygens (including phenoxy) is 1. The van der Waals surface area contributed by atoms with Crippen LogP contribution in [-0.2, 0) is 21.5 Å². The van der Waals surface area contributed by atoms with Crippen molar-refractivity contribution in [2.45, 2.75) is 39.8 Å². The van der Waals surface area contributed by atoms with Gasteiger partial charge in [0.25, 0.3) is 5.91 Å². The van der Waals surface area contributed by atoms with Crippen molar-refractivity contribution in [3.8, 4) is 11.5 Å². The van der Waals surface area contributed by atoms with Gasteiger partial charge in [0, 0.05) is 12.6 Å². The van der Waals surface area contributed by atoms with Gasteiger partial charge in [-0.3, -0.25) is 4.79 Å². The van der Waals surface area contributed by atoms with E-state index in [0.29, 0.717) is 12.3 Å². The zero-order valence-electron chi connectivity index (χ0n) is 16.5. The summed E-state index contributed by atoms with van der Waals surface area (Å²) in [6, 6.07) is 16.0. The molecule has 0 bridgehead atoms. The van der Waals surface area contributed by atoms with Gasteiger partial charge in [0.05, 0.1) is 5.75 Å². The minimum Gasteiger partial charge on any atom is -0.484 e. The Balaban J connectivity index is 2.10. The van der Waals surface area contributed by atoms with Crippen molar-refractivity contribution in [1.82, 2.24) is 4.90 Å². The second-order valence-electron chi connectivity index (χ2n) is 6.46. The molecule has 0 saturated carbocycles. The van der Waals surface area contributed by atoms with Crippen LogP contribution in [0.5, 0.6) is 11.5 Å². The van der Waals surface area contributed by atoms with Crippen LogP contribution in [0.4, 0.5) is 0 Å². The molecule has 0 fully saturated rings. The lowest BCUT2D eigenvalue weighted by Crippen LogP contribution is -2.40. The molecule has 0 aliphatic carbocycles. The summed E-state index contributed by atoms with van der Waals surface area (Å²) < 4.78 is 34.0. The molecule has 2 aromatic carbocycles. The van der Waals surface area contributed by atoms with Gasteiger partial charge in [-0.25, -0.2) is 0 Å². The quantitative estimate of drug-likeness (QED) is 0.565. The van der Waals surface area contributed by atoms with Gasteiger partial charge in [0.15, 0.2) is 6.61 Å². The fraction of sp³-hybridized carbons (Fsp3) is 0.381. The van der Waals surface area contributed by atoms with Crippen LogP contribution in [0.3, 0.4) is 0 Å². The number of hydrogen-bond acceptors (Lipinski definition) is 5. The molecule has 1 unspecified atom stereocenters. The molecule has 0 spiro atoms. The van der Waals surface area contributed by atoms with E-state index in [-0.39, 0.29) is 30.1 Å². The van der Waals surface area contributed by atoms with E-state index in [1.54, 1.807) is 35.2 Å². The number of benzene rings is 2. The minimum atomic E-state index is -3.59. The van der Waals surface area contributed by atoms with E-state index >= 15 is 0 Å². The van der Waals surface area contributed by atoms with E-state index < -0.39 is 10.1 Å². The zero-order valence-corrected chi connectivity index (χ0v) is 17.3. The van der Waals surface area contributed by atoms with Gasteiger partial charge >= 0.3 is 10.1 Å². The smallest absolute Gasteiger partial charge is 0.308 e. The van der Waals surface area contributed by atoms with Crippen LogP contribution < -0.4 is 8.92 Å². The largest absolute Gasteiger partial charge is 0.484 e. The Morgan fingerprint density at radius 2 is 1.71 bits per heavy atom. The highest BCUT2D eigenvalue weighted by molar-refractivity contribution is 7.87. The lowest BCUT2D eigenvalue weighted by atomic mass is 10.1. The lowest BCUT2D eigenvalue weighted by Gasteiger charge is -2.29. The molecule has 0 aliphatic heterocycles. The summed E-state index contributed by atoms with van der Waals surface area (Å²) in [5.74, 6) is 0.646. The van der Waals surface area contributed by atoms with Crippen LogP contribution in [-0.4, -0.2) is 37.6 Å². The Morgan fingerprint density at radius 1 is 1.04 bits per heavy atom. The Labute approximate surface area is 167 Å².